The van der Waals surface area contributed by atoms with E-state index in [4.69, 9.17) is 16.3 Å². The molecule has 0 bridgehead atoms. The quantitative estimate of drug-likeness (QED) is 0.667. The Labute approximate surface area is 191 Å². The highest BCUT2D eigenvalue weighted by Crippen LogP contribution is 2.29. The van der Waals surface area contributed by atoms with E-state index in [0.29, 0.717) is 9.40 Å². The lowest BCUT2D eigenvalue weighted by Crippen LogP contribution is -2.53. The highest BCUT2D eigenvalue weighted by atomic mass is 35.5. The first kappa shape index (κ1) is 22.1. The van der Waals surface area contributed by atoms with Gasteiger partial charge in [-0.15, -0.1) is 0 Å². The molecule has 2 N–H and O–H groups in total. The van der Waals surface area contributed by atoms with Crippen LogP contribution in [0.25, 0.3) is 0 Å². The smallest absolute Gasteiger partial charge is 0.399 e. The molecular weight excluding hydrogens is 434 g/mol. The van der Waals surface area contributed by atoms with Crippen molar-refractivity contribution in [3.8, 4) is 5.06 Å². The van der Waals surface area contributed by atoms with Crippen LogP contribution >= 0.6 is 22.9 Å². The lowest BCUT2D eigenvalue weighted by atomic mass is 9.91. The second-order valence-corrected chi connectivity index (χ2v) is 10.4. The number of fused-ring (bicyclic) bond motifs is 1. The predicted molar refractivity (Wildman–Crippen MR) is 124 cm³/mol. The van der Waals surface area contributed by atoms with Gasteiger partial charge in [-0.3, -0.25) is 9.69 Å². The third kappa shape index (κ3) is 5.40. The number of anilines is 1. The highest BCUT2D eigenvalue weighted by Gasteiger charge is 2.31. The van der Waals surface area contributed by atoms with Crippen LogP contribution in [0.15, 0.2) is 30.3 Å². The number of halogens is 1. The molecule has 0 saturated heterocycles. The Balaban J connectivity index is 1.35. The molecule has 1 saturated carbocycles. The average molecular weight is 462 g/mol. The van der Waals surface area contributed by atoms with E-state index in [1.807, 2.05) is 6.07 Å². The van der Waals surface area contributed by atoms with Gasteiger partial charge in [-0.05, 0) is 74.9 Å². The second kappa shape index (κ2) is 9.18. The number of carbonyl (C=O) groups is 2. The number of ether oxygens (including phenoxy) is 1. The number of carbonyl (C=O) groups excluding carboxylic acids is 2. The molecule has 1 aromatic carbocycles. The molecular formula is C23H28ClN3O3S. The molecule has 0 unspecified atom stereocenters. The third-order valence-electron chi connectivity index (χ3n) is 6.12. The van der Waals surface area contributed by atoms with Gasteiger partial charge in [0.15, 0.2) is 5.06 Å². The zero-order valence-electron chi connectivity index (χ0n) is 17.9. The predicted octanol–water partition coefficient (Wildman–Crippen LogP) is 4.86. The Morgan fingerprint density at radius 1 is 1.13 bits per heavy atom. The van der Waals surface area contributed by atoms with Gasteiger partial charge in [0.1, 0.15) is 5.54 Å². The minimum atomic E-state index is -1.15. The van der Waals surface area contributed by atoms with Crippen LogP contribution in [0.2, 0.25) is 4.34 Å². The SMILES string of the molecule is CC(C)(NC(=O)Oc1ccc(Cl)s1)C(=O)Nc1ccc2c(c1)CCN(C1CCC1)CC2. The summed E-state index contributed by atoms with van der Waals surface area (Å²) in [5.74, 6) is -0.307. The maximum absolute atomic E-state index is 12.8. The zero-order chi connectivity index (χ0) is 22.0. The highest BCUT2D eigenvalue weighted by molar-refractivity contribution is 7.17. The van der Waals surface area contributed by atoms with Gasteiger partial charge in [0.05, 0.1) is 4.34 Å². The van der Waals surface area contributed by atoms with Crippen molar-refractivity contribution in [2.45, 2.75) is 57.5 Å². The molecule has 0 atom stereocenters. The first-order valence-corrected chi connectivity index (χ1v) is 11.9. The Hall–Kier alpha value is -2.09. The summed E-state index contributed by atoms with van der Waals surface area (Å²) in [6.45, 7) is 5.47. The molecule has 2 aromatic rings. The third-order valence-corrected chi connectivity index (χ3v) is 7.23. The first-order valence-electron chi connectivity index (χ1n) is 10.7. The van der Waals surface area contributed by atoms with Crippen LogP contribution in [-0.4, -0.2) is 41.6 Å². The summed E-state index contributed by atoms with van der Waals surface area (Å²) in [6.07, 6.45) is 5.33. The van der Waals surface area contributed by atoms with E-state index in [1.165, 1.54) is 30.4 Å². The second-order valence-electron chi connectivity index (χ2n) is 8.76. The van der Waals surface area contributed by atoms with Gasteiger partial charge < -0.3 is 15.4 Å². The maximum atomic E-state index is 12.8. The summed E-state index contributed by atoms with van der Waals surface area (Å²) in [7, 11) is 0. The van der Waals surface area contributed by atoms with Crippen LogP contribution in [0, 0.1) is 0 Å². The summed E-state index contributed by atoms with van der Waals surface area (Å²) in [4.78, 5) is 27.6. The van der Waals surface area contributed by atoms with Gasteiger partial charge in [-0.2, -0.15) is 0 Å². The van der Waals surface area contributed by atoms with Crippen LogP contribution in [0.5, 0.6) is 5.06 Å². The molecule has 1 aliphatic carbocycles. The Morgan fingerprint density at radius 2 is 1.87 bits per heavy atom. The monoisotopic (exact) mass is 461 g/mol. The minimum absolute atomic E-state index is 0.307. The molecule has 1 fully saturated rings. The molecule has 0 radical (unpaired) electrons. The average Bonchev–Trinajstić information content (AvgIpc) is 2.95. The molecule has 1 aliphatic heterocycles. The fourth-order valence-electron chi connectivity index (χ4n) is 4.01. The molecule has 6 nitrogen and oxygen atoms in total. The molecule has 0 spiro atoms. The van der Waals surface area contributed by atoms with Crippen LogP contribution < -0.4 is 15.4 Å². The Bertz CT molecular complexity index is 971. The van der Waals surface area contributed by atoms with Crippen molar-refractivity contribution in [2.24, 2.45) is 0 Å². The van der Waals surface area contributed by atoms with E-state index in [-0.39, 0.29) is 5.91 Å². The van der Waals surface area contributed by atoms with E-state index in [9.17, 15) is 9.59 Å². The van der Waals surface area contributed by atoms with Crippen LogP contribution in [0.1, 0.15) is 44.2 Å². The molecule has 4 rings (SSSR count). The number of hydrogen-bond donors (Lipinski definition) is 2. The largest absolute Gasteiger partial charge is 0.414 e. The van der Waals surface area contributed by atoms with Gasteiger partial charge in [-0.1, -0.05) is 35.4 Å². The van der Waals surface area contributed by atoms with Crippen molar-refractivity contribution < 1.29 is 14.3 Å². The Morgan fingerprint density at radius 3 is 2.52 bits per heavy atom. The fraction of sp³-hybridized carbons (Fsp3) is 0.478. The molecule has 166 valence electrons. The molecule has 2 aliphatic rings. The lowest BCUT2D eigenvalue weighted by Gasteiger charge is -2.36. The summed E-state index contributed by atoms with van der Waals surface area (Å²) in [5, 5.41) is 5.94. The van der Waals surface area contributed by atoms with Crippen molar-refractivity contribution in [3.05, 3.63) is 45.8 Å². The lowest BCUT2D eigenvalue weighted by molar-refractivity contribution is -0.121. The molecule has 31 heavy (non-hydrogen) atoms. The Kier molecular flexibility index (Phi) is 6.55. The zero-order valence-corrected chi connectivity index (χ0v) is 19.4. The summed E-state index contributed by atoms with van der Waals surface area (Å²) >= 11 is 7.01. The van der Waals surface area contributed by atoms with Gasteiger partial charge in [0.25, 0.3) is 0 Å². The molecule has 2 amide bonds. The van der Waals surface area contributed by atoms with Crippen molar-refractivity contribution in [3.63, 3.8) is 0 Å². The van der Waals surface area contributed by atoms with Crippen molar-refractivity contribution in [1.29, 1.82) is 0 Å². The number of amides is 2. The number of nitrogens with zero attached hydrogens (tertiary/aromatic N) is 1. The number of nitrogens with one attached hydrogen (secondary N) is 2. The van der Waals surface area contributed by atoms with Gasteiger partial charge in [0.2, 0.25) is 5.91 Å². The summed E-state index contributed by atoms with van der Waals surface area (Å²) in [5.41, 5.74) is 2.25. The van der Waals surface area contributed by atoms with Crippen LogP contribution in [0.4, 0.5) is 10.5 Å². The van der Waals surface area contributed by atoms with Crippen molar-refractivity contribution in [1.82, 2.24) is 10.2 Å². The topological polar surface area (TPSA) is 70.7 Å². The molecule has 1 aromatic heterocycles. The van der Waals surface area contributed by atoms with E-state index in [2.05, 4.69) is 27.7 Å². The number of rotatable bonds is 5. The number of thiophene rings is 1. The fourth-order valence-corrected chi connectivity index (χ4v) is 4.88. The van der Waals surface area contributed by atoms with Crippen LogP contribution in [0.3, 0.4) is 0 Å². The van der Waals surface area contributed by atoms with Crippen molar-refractivity contribution in [2.75, 3.05) is 18.4 Å². The van der Waals surface area contributed by atoms with E-state index >= 15 is 0 Å². The summed E-state index contributed by atoms with van der Waals surface area (Å²) in [6, 6.07) is 10.1. The number of benzene rings is 1. The maximum Gasteiger partial charge on any atom is 0.414 e. The minimum Gasteiger partial charge on any atom is -0.399 e. The summed E-state index contributed by atoms with van der Waals surface area (Å²) < 4.78 is 5.73. The molecule has 8 heteroatoms. The standard InChI is InChI=1S/C23H28ClN3O3S/c1-23(2,26-22(29)30-20-9-8-19(24)31-20)21(28)25-17-7-6-15-10-12-27(18-4-3-5-18)13-11-16(15)14-17/h6-9,14,18H,3-5,10-13H2,1-2H3,(H,25,28)(H,26,29). The van der Waals surface area contributed by atoms with Crippen LogP contribution in [-0.2, 0) is 17.6 Å². The normalized spacial score (nSPS) is 17.3. The van der Waals surface area contributed by atoms with Gasteiger partial charge >= 0.3 is 6.09 Å². The number of hydrogen-bond acceptors (Lipinski definition) is 5. The van der Waals surface area contributed by atoms with E-state index < -0.39 is 11.6 Å². The van der Waals surface area contributed by atoms with Gasteiger partial charge in [0, 0.05) is 24.8 Å². The van der Waals surface area contributed by atoms with Gasteiger partial charge in [-0.25, -0.2) is 4.79 Å². The molecule has 2 heterocycles. The van der Waals surface area contributed by atoms with E-state index in [1.54, 1.807) is 26.0 Å². The van der Waals surface area contributed by atoms with E-state index in [0.717, 1.165) is 49.0 Å². The van der Waals surface area contributed by atoms with Crippen molar-refractivity contribution >= 4 is 40.6 Å². The first-order chi connectivity index (χ1) is 14.8.